The minimum absolute atomic E-state index is 0.188. The molecule has 0 N–H and O–H groups in total. The standard InChI is InChI=1S/C73H57N/c1-51-17-16-46-72(2,50-51)73(63-24-7-4-8-25-63)69-28-13-11-27-67(69)68-45-44-65(49-70(68)73)74(71-29-14-12-26-66(71)58-37-34-54(35-38-58)52-18-5-3-6-19-52)64-42-40-56(41-43-64)55-30-32-57(33-31-55)60-22-15-23-61(47-60)62-39-36-53-20-9-10-21-59(53)48-62/h3-16,18-49,51H,17,50H2,1-2H3. The number of anilines is 3. The van der Waals surface area contributed by atoms with Crippen LogP contribution in [0.1, 0.15) is 43.4 Å². The Morgan fingerprint density at radius 3 is 1.58 bits per heavy atom. The molecule has 74 heavy (non-hydrogen) atoms. The molecule has 0 fully saturated rings. The molecule has 2 aliphatic rings. The van der Waals surface area contributed by atoms with Gasteiger partial charge in [0.05, 0.1) is 11.1 Å². The third kappa shape index (κ3) is 7.79. The fraction of sp³-hybridized carbons (Fsp3) is 0.0959. The van der Waals surface area contributed by atoms with Gasteiger partial charge in [-0.2, -0.15) is 0 Å². The zero-order chi connectivity index (χ0) is 49.6. The van der Waals surface area contributed by atoms with Crippen molar-refractivity contribution in [3.63, 3.8) is 0 Å². The van der Waals surface area contributed by atoms with Crippen LogP contribution in [0, 0.1) is 11.3 Å². The maximum absolute atomic E-state index is 2.55. The molecule has 3 unspecified atom stereocenters. The van der Waals surface area contributed by atoms with E-state index < -0.39 is 5.41 Å². The number of para-hydroxylation sites is 1. The summed E-state index contributed by atoms with van der Waals surface area (Å²) < 4.78 is 0. The van der Waals surface area contributed by atoms with Crippen LogP contribution in [0.15, 0.2) is 279 Å². The van der Waals surface area contributed by atoms with Gasteiger partial charge in [-0.05, 0) is 150 Å². The van der Waals surface area contributed by atoms with E-state index in [0.717, 1.165) is 29.9 Å². The van der Waals surface area contributed by atoms with Crippen LogP contribution in [0.2, 0.25) is 0 Å². The quantitative estimate of drug-likeness (QED) is 0.124. The van der Waals surface area contributed by atoms with Crippen molar-refractivity contribution in [2.45, 2.75) is 32.1 Å². The summed E-state index contributed by atoms with van der Waals surface area (Å²) in [5.41, 5.74) is 21.4. The second-order valence-electron chi connectivity index (χ2n) is 20.8. The second-order valence-corrected chi connectivity index (χ2v) is 20.8. The maximum Gasteiger partial charge on any atom is 0.0552 e. The Kier molecular flexibility index (Phi) is 11.4. The highest BCUT2D eigenvalue weighted by Crippen LogP contribution is 2.64. The lowest BCUT2D eigenvalue weighted by atomic mass is 9.52. The molecule has 0 radical (unpaired) electrons. The van der Waals surface area contributed by atoms with E-state index in [0.29, 0.717) is 5.92 Å². The lowest BCUT2D eigenvalue weighted by molar-refractivity contribution is 0.217. The topological polar surface area (TPSA) is 3.24 Å². The summed E-state index contributed by atoms with van der Waals surface area (Å²) in [4.78, 5) is 2.50. The number of fused-ring (bicyclic) bond motifs is 4. The number of allylic oxidation sites excluding steroid dienone is 2. The number of nitrogens with zero attached hydrogens (tertiary/aromatic N) is 1. The Morgan fingerprint density at radius 2 is 0.865 bits per heavy atom. The molecule has 0 saturated carbocycles. The monoisotopic (exact) mass is 947 g/mol. The predicted octanol–water partition coefficient (Wildman–Crippen LogP) is 20.0. The van der Waals surface area contributed by atoms with Crippen molar-refractivity contribution in [3.05, 3.63) is 296 Å². The molecule has 354 valence electrons. The van der Waals surface area contributed by atoms with E-state index in [1.807, 2.05) is 0 Å². The first-order chi connectivity index (χ1) is 36.4. The van der Waals surface area contributed by atoms with Gasteiger partial charge in [0.1, 0.15) is 0 Å². The summed E-state index contributed by atoms with van der Waals surface area (Å²) in [5.74, 6) is 0.559. The summed E-state index contributed by atoms with van der Waals surface area (Å²) in [5, 5.41) is 2.52. The van der Waals surface area contributed by atoms with Crippen molar-refractivity contribution in [2.75, 3.05) is 4.90 Å². The Hall–Kier alpha value is -8.78. The fourth-order valence-electron chi connectivity index (χ4n) is 12.8. The molecule has 0 aliphatic heterocycles. The third-order valence-electron chi connectivity index (χ3n) is 16.2. The first-order valence-corrected chi connectivity index (χ1v) is 26.3. The van der Waals surface area contributed by atoms with E-state index in [2.05, 4.69) is 298 Å². The van der Waals surface area contributed by atoms with Crippen LogP contribution in [-0.4, -0.2) is 0 Å². The van der Waals surface area contributed by atoms with Crippen LogP contribution >= 0.6 is 0 Å². The first kappa shape index (κ1) is 45.1. The van der Waals surface area contributed by atoms with Crippen molar-refractivity contribution < 1.29 is 0 Å². The van der Waals surface area contributed by atoms with E-state index in [-0.39, 0.29) is 5.41 Å². The van der Waals surface area contributed by atoms with Gasteiger partial charge >= 0.3 is 0 Å². The van der Waals surface area contributed by atoms with Crippen LogP contribution < -0.4 is 4.90 Å². The van der Waals surface area contributed by atoms with Crippen LogP contribution in [-0.2, 0) is 5.41 Å². The van der Waals surface area contributed by atoms with Crippen molar-refractivity contribution in [2.24, 2.45) is 11.3 Å². The summed E-state index contributed by atoms with van der Waals surface area (Å²) in [6.07, 6.45) is 7.20. The molecule has 0 amide bonds. The smallest absolute Gasteiger partial charge is 0.0552 e. The predicted molar refractivity (Wildman–Crippen MR) is 313 cm³/mol. The van der Waals surface area contributed by atoms with Crippen LogP contribution in [0.4, 0.5) is 17.1 Å². The molecular weight excluding hydrogens is 891 g/mol. The summed E-state index contributed by atoms with van der Waals surface area (Å²) in [6.45, 7) is 4.94. The maximum atomic E-state index is 2.55. The lowest BCUT2D eigenvalue weighted by Crippen LogP contribution is -2.45. The van der Waals surface area contributed by atoms with Crippen LogP contribution in [0.3, 0.4) is 0 Å². The molecule has 11 aromatic rings. The zero-order valence-corrected chi connectivity index (χ0v) is 42.0. The van der Waals surface area contributed by atoms with E-state index in [4.69, 9.17) is 0 Å². The first-order valence-electron chi connectivity index (χ1n) is 26.3. The Bertz CT molecular complexity index is 3850. The Balaban J connectivity index is 0.922. The number of rotatable bonds is 10. The molecule has 11 aromatic carbocycles. The van der Waals surface area contributed by atoms with Crippen LogP contribution in [0.5, 0.6) is 0 Å². The van der Waals surface area contributed by atoms with Gasteiger partial charge in [-0.15, -0.1) is 0 Å². The minimum atomic E-state index is -0.423. The molecular formula is C73H57N. The SMILES string of the molecule is CC1CC=CC(C)(C2(c3ccccc3)c3ccccc3-c3ccc(N(c4ccc(-c5ccc(-c6cccc(-c7ccc8ccccc8c7)c6)cc5)cc4)c4ccccc4-c4ccc(-c5ccccc5)cc4)cc32)C1. The Morgan fingerprint density at radius 1 is 0.365 bits per heavy atom. The van der Waals surface area contributed by atoms with E-state index >= 15 is 0 Å². The molecule has 0 bridgehead atoms. The van der Waals surface area contributed by atoms with E-state index in [9.17, 15) is 0 Å². The highest BCUT2D eigenvalue weighted by Gasteiger charge is 2.56. The van der Waals surface area contributed by atoms with Gasteiger partial charge in [0.15, 0.2) is 0 Å². The lowest BCUT2D eigenvalue weighted by Gasteiger charge is -2.50. The van der Waals surface area contributed by atoms with Gasteiger partial charge in [-0.25, -0.2) is 0 Å². The van der Waals surface area contributed by atoms with E-state index in [1.54, 1.807) is 0 Å². The van der Waals surface area contributed by atoms with Crippen LogP contribution in [0.25, 0.3) is 77.5 Å². The number of benzene rings is 11. The normalized spacial score (nSPS) is 17.7. The van der Waals surface area contributed by atoms with Crippen molar-refractivity contribution in [1.82, 2.24) is 0 Å². The van der Waals surface area contributed by atoms with Gasteiger partial charge in [0, 0.05) is 22.4 Å². The van der Waals surface area contributed by atoms with E-state index in [1.165, 1.54) is 94.2 Å². The molecule has 13 rings (SSSR count). The highest BCUT2D eigenvalue weighted by molar-refractivity contribution is 5.93. The minimum Gasteiger partial charge on any atom is -0.310 e. The molecule has 0 heterocycles. The average molecular weight is 948 g/mol. The van der Waals surface area contributed by atoms with Gasteiger partial charge in [-0.1, -0.05) is 250 Å². The largest absolute Gasteiger partial charge is 0.310 e. The van der Waals surface area contributed by atoms with Gasteiger partial charge in [0.25, 0.3) is 0 Å². The molecule has 0 saturated heterocycles. The molecule has 0 aromatic heterocycles. The van der Waals surface area contributed by atoms with Gasteiger partial charge < -0.3 is 4.90 Å². The molecule has 1 nitrogen and oxygen atoms in total. The molecule has 2 aliphatic carbocycles. The number of hydrogen-bond donors (Lipinski definition) is 0. The van der Waals surface area contributed by atoms with Gasteiger partial charge in [0.2, 0.25) is 0 Å². The summed E-state index contributed by atoms with van der Waals surface area (Å²) in [7, 11) is 0. The van der Waals surface area contributed by atoms with Crippen molar-refractivity contribution in [1.29, 1.82) is 0 Å². The second kappa shape index (κ2) is 18.7. The number of hydrogen-bond acceptors (Lipinski definition) is 1. The average Bonchev–Trinajstić information content (AvgIpc) is 3.92. The highest BCUT2D eigenvalue weighted by atomic mass is 15.1. The fourth-order valence-corrected chi connectivity index (χ4v) is 12.8. The third-order valence-corrected chi connectivity index (χ3v) is 16.2. The van der Waals surface area contributed by atoms with Crippen molar-refractivity contribution in [3.8, 4) is 66.8 Å². The summed E-state index contributed by atoms with van der Waals surface area (Å²) >= 11 is 0. The zero-order valence-electron chi connectivity index (χ0n) is 42.0. The Labute approximate surface area is 436 Å². The van der Waals surface area contributed by atoms with Crippen molar-refractivity contribution >= 4 is 27.8 Å². The molecule has 0 spiro atoms. The van der Waals surface area contributed by atoms with Gasteiger partial charge in [-0.3, -0.25) is 0 Å². The molecule has 3 atom stereocenters. The summed E-state index contributed by atoms with van der Waals surface area (Å²) in [6, 6.07) is 99.0. The molecule has 1 heteroatoms.